The van der Waals surface area contributed by atoms with Crippen LogP contribution in [0.15, 0.2) is 0 Å². The van der Waals surface area contributed by atoms with Gasteiger partial charge in [-0.05, 0) is 19.8 Å². The fourth-order valence-electron chi connectivity index (χ4n) is 1.55. The van der Waals surface area contributed by atoms with E-state index in [1.807, 2.05) is 0 Å². The molecule has 1 aliphatic carbocycles. The molecule has 0 N–H and O–H groups in total. The SMILES string of the molecule is CCOC(=O)CCN(C(=O)COC)C1CC1. The van der Waals surface area contributed by atoms with Gasteiger partial charge in [0, 0.05) is 19.7 Å². The van der Waals surface area contributed by atoms with Crippen molar-refractivity contribution in [1.29, 1.82) is 0 Å². The maximum atomic E-state index is 11.6. The number of carbonyl (C=O) groups is 2. The van der Waals surface area contributed by atoms with E-state index in [0.717, 1.165) is 12.8 Å². The second-order valence-electron chi connectivity index (χ2n) is 3.81. The lowest BCUT2D eigenvalue weighted by Gasteiger charge is -2.21. The van der Waals surface area contributed by atoms with Gasteiger partial charge in [0.2, 0.25) is 5.91 Å². The molecule has 1 rings (SSSR count). The molecular weight excluding hydrogens is 210 g/mol. The molecule has 16 heavy (non-hydrogen) atoms. The van der Waals surface area contributed by atoms with Gasteiger partial charge in [-0.3, -0.25) is 9.59 Å². The van der Waals surface area contributed by atoms with Crippen molar-refractivity contribution in [3.63, 3.8) is 0 Å². The highest BCUT2D eigenvalue weighted by Gasteiger charge is 2.32. The molecule has 0 aliphatic heterocycles. The third-order valence-corrected chi connectivity index (χ3v) is 2.44. The average Bonchev–Trinajstić information content (AvgIpc) is 3.03. The summed E-state index contributed by atoms with van der Waals surface area (Å²) >= 11 is 0. The molecular formula is C11H19NO4. The lowest BCUT2D eigenvalue weighted by Crippen LogP contribution is -2.37. The first kappa shape index (κ1) is 13.0. The Hall–Kier alpha value is -1.10. The Morgan fingerprint density at radius 1 is 1.38 bits per heavy atom. The van der Waals surface area contributed by atoms with E-state index >= 15 is 0 Å². The third-order valence-electron chi connectivity index (χ3n) is 2.44. The van der Waals surface area contributed by atoms with Crippen molar-refractivity contribution in [2.45, 2.75) is 32.2 Å². The van der Waals surface area contributed by atoms with Crippen LogP contribution >= 0.6 is 0 Å². The van der Waals surface area contributed by atoms with Crippen LogP contribution in [0, 0.1) is 0 Å². The summed E-state index contributed by atoms with van der Waals surface area (Å²) in [4.78, 5) is 24.5. The van der Waals surface area contributed by atoms with Crippen molar-refractivity contribution in [2.75, 3.05) is 26.9 Å². The normalized spacial score (nSPS) is 14.6. The summed E-state index contributed by atoms with van der Waals surface area (Å²) in [6.07, 6.45) is 2.32. The fourth-order valence-corrected chi connectivity index (χ4v) is 1.55. The summed E-state index contributed by atoms with van der Waals surface area (Å²) < 4.78 is 9.63. The fraction of sp³-hybridized carbons (Fsp3) is 0.818. The van der Waals surface area contributed by atoms with E-state index in [2.05, 4.69) is 0 Å². The minimum absolute atomic E-state index is 0.0469. The van der Waals surface area contributed by atoms with E-state index in [9.17, 15) is 9.59 Å². The Kier molecular flexibility index (Phi) is 5.25. The van der Waals surface area contributed by atoms with Crippen molar-refractivity contribution in [1.82, 2.24) is 4.90 Å². The molecule has 0 radical (unpaired) electrons. The number of esters is 1. The Bertz CT molecular complexity index is 250. The van der Waals surface area contributed by atoms with E-state index in [4.69, 9.17) is 9.47 Å². The molecule has 1 aliphatic rings. The summed E-state index contributed by atoms with van der Waals surface area (Å²) in [6.45, 7) is 2.67. The standard InChI is InChI=1S/C11H19NO4/c1-3-16-11(14)6-7-12(9-4-5-9)10(13)8-15-2/h9H,3-8H2,1-2H3. The molecule has 1 fully saturated rings. The predicted molar refractivity (Wildman–Crippen MR) is 57.9 cm³/mol. The zero-order valence-electron chi connectivity index (χ0n) is 9.90. The molecule has 0 saturated heterocycles. The summed E-state index contributed by atoms with van der Waals surface area (Å²) in [6, 6.07) is 0.303. The molecule has 1 amide bonds. The van der Waals surface area contributed by atoms with Gasteiger partial charge < -0.3 is 14.4 Å². The zero-order chi connectivity index (χ0) is 12.0. The van der Waals surface area contributed by atoms with Crippen LogP contribution in [-0.4, -0.2) is 49.7 Å². The van der Waals surface area contributed by atoms with Gasteiger partial charge in [0.25, 0.3) is 0 Å². The molecule has 0 bridgehead atoms. The van der Waals surface area contributed by atoms with Crippen LogP contribution in [0.2, 0.25) is 0 Å². The molecule has 5 nitrogen and oxygen atoms in total. The van der Waals surface area contributed by atoms with Crippen LogP contribution < -0.4 is 0 Å². The first-order chi connectivity index (χ1) is 7.69. The summed E-state index contributed by atoms with van der Waals surface area (Å²) in [5, 5.41) is 0. The minimum Gasteiger partial charge on any atom is -0.466 e. The predicted octanol–water partition coefficient (Wildman–Crippen LogP) is 0.577. The largest absolute Gasteiger partial charge is 0.466 e. The lowest BCUT2D eigenvalue weighted by atomic mass is 10.3. The van der Waals surface area contributed by atoms with Crippen LogP contribution in [0.25, 0.3) is 0 Å². The topological polar surface area (TPSA) is 55.8 Å². The number of nitrogens with zero attached hydrogens (tertiary/aromatic N) is 1. The number of carbonyl (C=O) groups excluding carboxylic acids is 2. The van der Waals surface area contributed by atoms with Crippen molar-refractivity contribution in [3.05, 3.63) is 0 Å². The molecule has 0 heterocycles. The maximum absolute atomic E-state index is 11.6. The first-order valence-electron chi connectivity index (χ1n) is 5.63. The van der Waals surface area contributed by atoms with Crippen molar-refractivity contribution >= 4 is 11.9 Å². The van der Waals surface area contributed by atoms with Crippen LogP contribution in [0.5, 0.6) is 0 Å². The highest BCUT2D eigenvalue weighted by atomic mass is 16.5. The maximum Gasteiger partial charge on any atom is 0.307 e. The van der Waals surface area contributed by atoms with E-state index in [1.165, 1.54) is 7.11 Å². The lowest BCUT2D eigenvalue weighted by molar-refractivity contribution is -0.144. The minimum atomic E-state index is -0.252. The van der Waals surface area contributed by atoms with Gasteiger partial charge in [-0.15, -0.1) is 0 Å². The monoisotopic (exact) mass is 229 g/mol. The molecule has 92 valence electrons. The van der Waals surface area contributed by atoms with Gasteiger partial charge in [-0.2, -0.15) is 0 Å². The number of methoxy groups -OCH3 is 1. The number of ether oxygens (including phenoxy) is 2. The van der Waals surface area contributed by atoms with E-state index in [1.54, 1.807) is 11.8 Å². The molecule has 1 saturated carbocycles. The van der Waals surface area contributed by atoms with Crippen molar-refractivity contribution in [2.24, 2.45) is 0 Å². The van der Waals surface area contributed by atoms with Gasteiger partial charge >= 0.3 is 5.97 Å². The summed E-state index contributed by atoms with van der Waals surface area (Å²) in [7, 11) is 1.49. The summed E-state index contributed by atoms with van der Waals surface area (Å²) in [5.41, 5.74) is 0. The second-order valence-corrected chi connectivity index (χ2v) is 3.81. The molecule has 0 aromatic carbocycles. The summed E-state index contributed by atoms with van der Waals surface area (Å²) in [5.74, 6) is -0.298. The van der Waals surface area contributed by atoms with Gasteiger partial charge in [0.1, 0.15) is 6.61 Å². The van der Waals surface area contributed by atoms with Crippen LogP contribution in [0.3, 0.4) is 0 Å². The van der Waals surface area contributed by atoms with Gasteiger partial charge in [0.05, 0.1) is 13.0 Å². The molecule has 0 aromatic heterocycles. The van der Waals surface area contributed by atoms with Crippen molar-refractivity contribution in [3.8, 4) is 0 Å². The number of hydrogen-bond donors (Lipinski definition) is 0. The Balaban J connectivity index is 2.33. The van der Waals surface area contributed by atoms with Crippen LogP contribution in [0.4, 0.5) is 0 Å². The Morgan fingerprint density at radius 3 is 2.56 bits per heavy atom. The van der Waals surface area contributed by atoms with Crippen LogP contribution in [0.1, 0.15) is 26.2 Å². The van der Waals surface area contributed by atoms with Crippen LogP contribution in [-0.2, 0) is 19.1 Å². The highest BCUT2D eigenvalue weighted by molar-refractivity contribution is 5.79. The Labute approximate surface area is 95.7 Å². The quantitative estimate of drug-likeness (QED) is 0.599. The van der Waals surface area contributed by atoms with Crippen molar-refractivity contribution < 1.29 is 19.1 Å². The number of rotatable bonds is 7. The molecule has 0 atom stereocenters. The zero-order valence-corrected chi connectivity index (χ0v) is 9.90. The second kappa shape index (κ2) is 6.48. The van der Waals surface area contributed by atoms with Gasteiger partial charge in [0.15, 0.2) is 0 Å². The molecule has 0 unspecified atom stereocenters. The Morgan fingerprint density at radius 2 is 2.06 bits per heavy atom. The first-order valence-corrected chi connectivity index (χ1v) is 5.63. The van der Waals surface area contributed by atoms with E-state index in [0.29, 0.717) is 19.2 Å². The molecule has 5 heteroatoms. The number of hydrogen-bond acceptors (Lipinski definition) is 4. The van der Waals surface area contributed by atoms with E-state index < -0.39 is 0 Å². The van der Waals surface area contributed by atoms with E-state index in [-0.39, 0.29) is 24.9 Å². The molecule has 0 aromatic rings. The number of amides is 1. The average molecular weight is 229 g/mol. The van der Waals surface area contributed by atoms with Gasteiger partial charge in [-0.1, -0.05) is 0 Å². The smallest absolute Gasteiger partial charge is 0.307 e. The third kappa shape index (κ3) is 4.18. The highest BCUT2D eigenvalue weighted by Crippen LogP contribution is 2.27. The molecule has 0 spiro atoms. The van der Waals surface area contributed by atoms with Gasteiger partial charge in [-0.25, -0.2) is 0 Å².